The first-order chi connectivity index (χ1) is 27.9. The minimum atomic E-state index is -0.709. The van der Waals surface area contributed by atoms with Crippen LogP contribution in [0.5, 0.6) is 5.75 Å². The third-order valence-electron chi connectivity index (χ3n) is 9.94. The number of carbonyl (C=O) groups is 4. The summed E-state index contributed by atoms with van der Waals surface area (Å²) in [5.74, 6) is -0.675. The van der Waals surface area contributed by atoms with E-state index in [4.69, 9.17) is 9.47 Å². The molecule has 0 fully saturated rings. The highest BCUT2D eigenvalue weighted by molar-refractivity contribution is 8.00. The van der Waals surface area contributed by atoms with Gasteiger partial charge in [-0.15, -0.1) is 23.1 Å². The molecule has 0 bridgehead atoms. The van der Waals surface area contributed by atoms with Gasteiger partial charge in [0.05, 0.1) is 18.8 Å². The molecule has 3 amide bonds. The van der Waals surface area contributed by atoms with Crippen molar-refractivity contribution in [3.63, 3.8) is 0 Å². The highest BCUT2D eigenvalue weighted by atomic mass is 32.2. The lowest BCUT2D eigenvalue weighted by Gasteiger charge is -2.33. The number of nitrogens with one attached hydrogen (secondary N) is 3. The van der Waals surface area contributed by atoms with Crippen LogP contribution in [0, 0.1) is 11.3 Å². The van der Waals surface area contributed by atoms with Gasteiger partial charge in [0, 0.05) is 26.6 Å². The van der Waals surface area contributed by atoms with Gasteiger partial charge in [-0.3, -0.25) is 14.4 Å². The number of thioether (sulfide) groups is 1. The molecule has 11 heteroatoms. The molecule has 1 heterocycles. The molecular weight excluding hydrogens is 767 g/mol. The molecule has 4 aromatic carbocycles. The van der Waals surface area contributed by atoms with Crippen LogP contribution in [0.2, 0.25) is 0 Å². The smallest absolute Gasteiger partial charge is 0.341 e. The number of hydrogen-bond acceptors (Lipinski definition) is 8. The van der Waals surface area contributed by atoms with Crippen molar-refractivity contribution in [1.29, 1.82) is 0 Å². The lowest BCUT2D eigenvalue weighted by molar-refractivity contribution is -0.116. The van der Waals surface area contributed by atoms with Gasteiger partial charge in [0.2, 0.25) is 5.91 Å². The summed E-state index contributed by atoms with van der Waals surface area (Å²) >= 11 is 2.79. The monoisotopic (exact) mass is 815 g/mol. The van der Waals surface area contributed by atoms with Crippen molar-refractivity contribution >= 4 is 63.6 Å². The quantitative estimate of drug-likeness (QED) is 0.0579. The van der Waals surface area contributed by atoms with Gasteiger partial charge in [-0.1, -0.05) is 93.6 Å². The Morgan fingerprint density at radius 2 is 1.57 bits per heavy atom. The Hall–Kier alpha value is -5.65. The average molecular weight is 816 g/mol. The molecule has 2 unspecified atom stereocenters. The van der Waals surface area contributed by atoms with Gasteiger partial charge in [-0.2, -0.15) is 0 Å². The summed E-state index contributed by atoms with van der Waals surface area (Å²) in [6.07, 6.45) is 4.14. The lowest BCUT2D eigenvalue weighted by Crippen LogP contribution is -2.30. The van der Waals surface area contributed by atoms with Crippen LogP contribution in [0.1, 0.15) is 88.6 Å². The molecule has 58 heavy (non-hydrogen) atoms. The van der Waals surface area contributed by atoms with Crippen molar-refractivity contribution < 1.29 is 28.7 Å². The van der Waals surface area contributed by atoms with E-state index in [1.807, 2.05) is 67.6 Å². The second-order valence-corrected chi connectivity index (χ2v) is 17.2. The predicted octanol–water partition coefficient (Wildman–Crippen LogP) is 10.4. The van der Waals surface area contributed by atoms with Crippen LogP contribution in [-0.2, 0) is 27.2 Å². The number of ether oxygens (including phenoxy) is 2. The first-order valence-electron chi connectivity index (χ1n) is 19.5. The summed E-state index contributed by atoms with van der Waals surface area (Å²) < 4.78 is 11.3. The van der Waals surface area contributed by atoms with Crippen LogP contribution in [-0.4, -0.2) is 36.9 Å². The molecule has 5 aromatic rings. The molecule has 0 spiro atoms. The van der Waals surface area contributed by atoms with Crippen LogP contribution in [0.15, 0.2) is 120 Å². The zero-order valence-corrected chi connectivity index (χ0v) is 35.1. The Kier molecular flexibility index (Phi) is 13.9. The fourth-order valence-electron chi connectivity index (χ4n) is 6.88. The van der Waals surface area contributed by atoms with Gasteiger partial charge < -0.3 is 25.4 Å². The zero-order valence-electron chi connectivity index (χ0n) is 33.4. The maximum absolute atomic E-state index is 14.4. The second-order valence-electron chi connectivity index (χ2n) is 15.0. The summed E-state index contributed by atoms with van der Waals surface area (Å²) in [6, 6.07) is 32.6. The normalized spacial score (nSPS) is 14.4. The Balaban J connectivity index is 1.27. The van der Waals surface area contributed by atoms with E-state index in [1.165, 1.54) is 23.1 Å². The van der Waals surface area contributed by atoms with E-state index >= 15 is 0 Å². The third-order valence-corrected chi connectivity index (χ3v) is 12.4. The molecule has 0 saturated heterocycles. The lowest BCUT2D eigenvalue weighted by atomic mass is 9.72. The Morgan fingerprint density at radius 3 is 2.28 bits per heavy atom. The summed E-state index contributed by atoms with van der Waals surface area (Å²) in [5, 5.41) is 8.67. The molecule has 6 rings (SSSR count). The third kappa shape index (κ3) is 10.4. The van der Waals surface area contributed by atoms with Crippen molar-refractivity contribution in [1.82, 2.24) is 5.32 Å². The van der Waals surface area contributed by atoms with E-state index in [2.05, 4.69) is 36.7 Å². The maximum Gasteiger partial charge on any atom is 0.341 e. The number of esters is 1. The first kappa shape index (κ1) is 42.0. The standard InChI is InChI=1S/C47H49N3O6S2/c1-6-55-38-24-15-14-21-32(38)27-37(49-42(51)31-19-12-9-13-20-31)43(52)48-34-22-16-23-35(29-34)57-41(30-17-10-8-11-18-30)44(53)50-45-40(46(54)56-7-2)36-26-25-33(47(3,4)5)28-39(36)58-45/h8-24,27,29,33,41H,6-7,25-26,28H2,1-5H3,(H,48,52)(H,49,51)(H,50,53)/b37-27+. The van der Waals surface area contributed by atoms with E-state index in [9.17, 15) is 19.2 Å². The molecular formula is C47H49N3O6S2. The van der Waals surface area contributed by atoms with Crippen molar-refractivity contribution in [2.45, 2.75) is 64.0 Å². The van der Waals surface area contributed by atoms with Gasteiger partial charge in [-0.25, -0.2) is 4.79 Å². The van der Waals surface area contributed by atoms with Crippen LogP contribution >= 0.6 is 23.1 Å². The van der Waals surface area contributed by atoms with Crippen LogP contribution in [0.3, 0.4) is 0 Å². The van der Waals surface area contributed by atoms with Gasteiger partial charge in [0.1, 0.15) is 21.7 Å². The number of hydrogen-bond donors (Lipinski definition) is 3. The first-order valence-corrected chi connectivity index (χ1v) is 21.2. The fraction of sp³-hybridized carbons (Fsp3) is 0.277. The zero-order chi connectivity index (χ0) is 41.2. The average Bonchev–Trinajstić information content (AvgIpc) is 3.58. The fourth-order valence-corrected chi connectivity index (χ4v) is 9.28. The molecule has 1 aliphatic rings. The summed E-state index contributed by atoms with van der Waals surface area (Å²) in [6.45, 7) is 11.0. The Labute approximate surface area is 348 Å². The minimum Gasteiger partial charge on any atom is -0.493 e. The van der Waals surface area contributed by atoms with Crippen molar-refractivity contribution in [3.8, 4) is 5.75 Å². The molecule has 3 N–H and O–H groups in total. The highest BCUT2D eigenvalue weighted by Crippen LogP contribution is 2.45. The number of benzene rings is 4. The van der Waals surface area contributed by atoms with E-state index in [0.29, 0.717) is 50.5 Å². The van der Waals surface area contributed by atoms with Crippen LogP contribution in [0.25, 0.3) is 6.08 Å². The van der Waals surface area contributed by atoms with Crippen molar-refractivity contribution in [2.24, 2.45) is 11.3 Å². The van der Waals surface area contributed by atoms with E-state index in [1.54, 1.807) is 61.5 Å². The molecule has 0 aliphatic heterocycles. The summed E-state index contributed by atoms with van der Waals surface area (Å²) in [7, 11) is 0. The second kappa shape index (κ2) is 19.2. The molecule has 2 atom stereocenters. The number of anilines is 2. The molecule has 0 radical (unpaired) electrons. The van der Waals surface area contributed by atoms with Gasteiger partial charge in [0.15, 0.2) is 0 Å². The summed E-state index contributed by atoms with van der Waals surface area (Å²) in [4.78, 5) is 56.9. The number of thiophene rings is 1. The van der Waals surface area contributed by atoms with E-state index < -0.39 is 23.0 Å². The van der Waals surface area contributed by atoms with Gasteiger partial charge in [0.25, 0.3) is 11.8 Å². The summed E-state index contributed by atoms with van der Waals surface area (Å²) in [5.41, 5.74) is 3.81. The minimum absolute atomic E-state index is 0.0190. The predicted molar refractivity (Wildman–Crippen MR) is 233 cm³/mol. The van der Waals surface area contributed by atoms with Crippen LogP contribution < -0.4 is 20.7 Å². The van der Waals surface area contributed by atoms with Gasteiger partial charge >= 0.3 is 5.97 Å². The van der Waals surface area contributed by atoms with Crippen molar-refractivity contribution in [2.75, 3.05) is 23.8 Å². The number of rotatable bonds is 14. The SMILES string of the molecule is CCOC(=O)c1c(NC(=O)C(Sc2cccc(NC(=O)/C(=C\c3ccccc3OCC)NC(=O)c3ccccc3)c2)c2ccccc2)sc2c1CCC(C(C)(C)C)C2. The number of amides is 3. The van der Waals surface area contributed by atoms with Crippen molar-refractivity contribution in [3.05, 3.63) is 148 Å². The maximum atomic E-state index is 14.4. The van der Waals surface area contributed by atoms with E-state index in [0.717, 1.165) is 35.3 Å². The number of fused-ring (bicyclic) bond motifs is 1. The Morgan fingerprint density at radius 1 is 0.862 bits per heavy atom. The topological polar surface area (TPSA) is 123 Å². The molecule has 9 nitrogen and oxygen atoms in total. The van der Waals surface area contributed by atoms with Crippen LogP contribution in [0.4, 0.5) is 10.7 Å². The van der Waals surface area contributed by atoms with Gasteiger partial charge in [-0.05, 0) is 98.0 Å². The molecule has 1 aromatic heterocycles. The number of carbonyl (C=O) groups excluding carboxylic acids is 4. The highest BCUT2D eigenvalue weighted by Gasteiger charge is 2.35. The number of para-hydroxylation sites is 1. The Bertz CT molecular complexity index is 2280. The van der Waals surface area contributed by atoms with E-state index in [-0.39, 0.29) is 23.6 Å². The largest absolute Gasteiger partial charge is 0.493 e. The molecule has 0 saturated carbocycles. The molecule has 300 valence electrons. The molecule has 1 aliphatic carbocycles.